The number of hydrogen-bond acceptors (Lipinski definition) is 4. The second-order valence-electron chi connectivity index (χ2n) is 31.7. The molecule has 0 aliphatic rings. The number of rotatable bonds is 16. The van der Waals surface area contributed by atoms with Gasteiger partial charge in [0.25, 0.3) is 0 Å². The second-order valence-corrected chi connectivity index (χ2v) is 33.8. The van der Waals surface area contributed by atoms with Gasteiger partial charge in [-0.15, -0.1) is 22.7 Å². The van der Waals surface area contributed by atoms with E-state index in [0.29, 0.717) is 0 Å². The van der Waals surface area contributed by atoms with Crippen molar-refractivity contribution in [3.63, 3.8) is 0 Å². The second kappa shape index (κ2) is 30.6. The van der Waals surface area contributed by atoms with Gasteiger partial charge < -0.3 is 9.80 Å². The van der Waals surface area contributed by atoms with Crippen molar-refractivity contribution in [1.82, 2.24) is 0 Å². The van der Waals surface area contributed by atoms with Crippen molar-refractivity contribution < 1.29 is 0 Å². The third kappa shape index (κ3) is 12.9. The molecule has 0 bridgehead atoms. The zero-order chi connectivity index (χ0) is 80.6. The maximum Gasteiger partial charge on any atom is 0.0540 e. The fourth-order valence-corrected chi connectivity index (χ4v) is 21.4. The van der Waals surface area contributed by atoms with Gasteiger partial charge in [-0.05, 0) is 217 Å². The first-order valence-corrected chi connectivity index (χ1v) is 43.5. The smallest absolute Gasteiger partial charge is 0.0540 e. The molecule has 0 radical (unpaired) electrons. The van der Waals surface area contributed by atoms with E-state index in [1.807, 2.05) is 22.7 Å². The van der Waals surface area contributed by atoms with Crippen LogP contribution in [-0.4, -0.2) is 0 Å². The van der Waals surface area contributed by atoms with E-state index >= 15 is 0 Å². The zero-order valence-corrected chi connectivity index (χ0v) is 68.2. The molecule has 0 amide bonds. The van der Waals surface area contributed by atoms with Gasteiger partial charge in [0, 0.05) is 85.3 Å². The summed E-state index contributed by atoms with van der Waals surface area (Å²) < 4.78 is 5.10. The molecule has 2 heterocycles. The summed E-state index contributed by atoms with van der Waals surface area (Å²) in [5, 5.41) is 14.9. The molecule has 0 spiro atoms. The summed E-state index contributed by atoms with van der Waals surface area (Å²) in [6.07, 6.45) is 0. The topological polar surface area (TPSA) is 6.48 Å². The number of para-hydroxylation sites is 2. The van der Waals surface area contributed by atoms with Gasteiger partial charge in [-0.25, -0.2) is 0 Å². The van der Waals surface area contributed by atoms with E-state index in [1.165, 1.54) is 161 Å². The number of hydrogen-bond donors (Lipinski definition) is 0. The van der Waals surface area contributed by atoms with Crippen molar-refractivity contribution in [3.05, 3.63) is 461 Å². The minimum atomic E-state index is 1.07. The lowest BCUT2D eigenvalue weighted by molar-refractivity contribution is 1.28. The first-order chi connectivity index (χ1) is 60.5. The first-order valence-electron chi connectivity index (χ1n) is 41.8. The third-order valence-corrected chi connectivity index (χ3v) is 27.2. The molecule has 0 aliphatic heterocycles. The lowest BCUT2D eigenvalue weighted by Crippen LogP contribution is -2.11. The Morgan fingerprint density at radius 3 is 1.04 bits per heavy atom. The summed E-state index contributed by atoms with van der Waals surface area (Å²) in [7, 11) is 0. The molecule has 0 N–H and O–H groups in total. The largest absolute Gasteiger partial charge is 0.310 e. The molecule has 23 rings (SSSR count). The van der Waals surface area contributed by atoms with Crippen LogP contribution < -0.4 is 9.80 Å². The van der Waals surface area contributed by atoms with Crippen LogP contribution in [0, 0.1) is 0 Å². The van der Waals surface area contributed by atoms with Gasteiger partial charge in [0.15, 0.2) is 0 Å². The Labute approximate surface area is 716 Å². The molecule has 21 aromatic carbocycles. The van der Waals surface area contributed by atoms with Crippen molar-refractivity contribution in [2.24, 2.45) is 0 Å². The van der Waals surface area contributed by atoms with E-state index in [0.717, 1.165) is 67.5 Å². The minimum Gasteiger partial charge on any atom is -0.310 e. The van der Waals surface area contributed by atoms with Crippen molar-refractivity contribution >= 4 is 140 Å². The average molecular weight is 1590 g/mol. The average Bonchev–Trinajstić information content (AvgIpc) is 1.59. The molecule has 122 heavy (non-hydrogen) atoms. The van der Waals surface area contributed by atoms with Crippen LogP contribution in [0.5, 0.6) is 0 Å². The molecular weight excluding hydrogens is 1510 g/mol. The van der Waals surface area contributed by atoms with Gasteiger partial charge >= 0.3 is 0 Å². The van der Waals surface area contributed by atoms with Crippen LogP contribution in [0.2, 0.25) is 0 Å². The quantitative estimate of drug-likeness (QED) is 0.0951. The van der Waals surface area contributed by atoms with Crippen LogP contribution in [0.1, 0.15) is 0 Å². The lowest BCUT2D eigenvalue weighted by Gasteiger charge is -2.28. The Morgan fingerprint density at radius 2 is 0.467 bits per heavy atom. The molecule has 0 saturated carbocycles. The lowest BCUT2D eigenvalue weighted by atomic mass is 9.91. The highest BCUT2D eigenvalue weighted by Gasteiger charge is 2.25. The van der Waals surface area contributed by atoms with Crippen molar-refractivity contribution in [1.29, 1.82) is 0 Å². The van der Waals surface area contributed by atoms with Crippen LogP contribution in [0.15, 0.2) is 461 Å². The Kier molecular flexibility index (Phi) is 18.0. The summed E-state index contributed by atoms with van der Waals surface area (Å²) in [5.41, 5.74) is 30.2. The number of fused-ring (bicyclic) bond motifs is 10. The Hall–Kier alpha value is -15.3. The van der Waals surface area contributed by atoms with Gasteiger partial charge in [0.05, 0.1) is 11.4 Å². The number of anilines is 6. The van der Waals surface area contributed by atoms with Crippen LogP contribution in [0.3, 0.4) is 0 Å². The van der Waals surface area contributed by atoms with Crippen LogP contribution in [-0.2, 0) is 0 Å². The maximum atomic E-state index is 2.46. The normalized spacial score (nSPS) is 11.6. The summed E-state index contributed by atoms with van der Waals surface area (Å²) in [6, 6.07) is 171. The van der Waals surface area contributed by atoms with Gasteiger partial charge in [-0.2, -0.15) is 0 Å². The number of benzene rings is 21. The Bertz CT molecular complexity index is 7990. The molecule has 0 atom stereocenters. The molecule has 2 aromatic heterocycles. The van der Waals surface area contributed by atoms with Crippen LogP contribution in [0.25, 0.3) is 195 Å². The van der Waals surface area contributed by atoms with E-state index in [-0.39, 0.29) is 0 Å². The predicted molar refractivity (Wildman–Crippen MR) is 526 cm³/mol. The fraction of sp³-hybridized carbons (Fsp3) is 0. The predicted octanol–water partition coefficient (Wildman–Crippen LogP) is 34.6. The molecule has 0 saturated heterocycles. The van der Waals surface area contributed by atoms with E-state index in [1.54, 1.807) is 0 Å². The van der Waals surface area contributed by atoms with Crippen molar-refractivity contribution in [3.8, 4) is 111 Å². The van der Waals surface area contributed by atoms with Crippen molar-refractivity contribution in [2.75, 3.05) is 9.80 Å². The Morgan fingerprint density at radius 1 is 0.139 bits per heavy atom. The molecular formula is C118H76N2S2. The van der Waals surface area contributed by atoms with Crippen LogP contribution >= 0.6 is 22.7 Å². The van der Waals surface area contributed by atoms with Gasteiger partial charge in [-0.3, -0.25) is 0 Å². The monoisotopic (exact) mass is 1580 g/mol. The minimum absolute atomic E-state index is 1.07. The Balaban J connectivity index is 0.583. The molecule has 0 unspecified atom stereocenters. The third-order valence-electron chi connectivity index (χ3n) is 24.7. The maximum absolute atomic E-state index is 2.46. The van der Waals surface area contributed by atoms with Crippen molar-refractivity contribution in [2.45, 2.75) is 0 Å². The summed E-state index contributed by atoms with van der Waals surface area (Å²) in [6.45, 7) is 0. The van der Waals surface area contributed by atoms with E-state index in [4.69, 9.17) is 0 Å². The highest BCUT2D eigenvalue weighted by molar-refractivity contribution is 7.27. The first kappa shape index (κ1) is 72.0. The van der Waals surface area contributed by atoms with E-state index in [9.17, 15) is 0 Å². The number of thiophene rings is 2. The molecule has 23 aromatic rings. The highest BCUT2D eigenvalue weighted by atomic mass is 32.1. The summed E-state index contributed by atoms with van der Waals surface area (Å²) in [4.78, 5) is 4.91. The SMILES string of the molecule is c1cc(-c2cccc(N(c3ccc(-c4ccc(-c5cccc6ccccc56)cc4)cc3)c3ccccc3-c3cccc4c3sc3ccccc34)c2)cc(-c2ccc3ccc(-c4cccc5c4sc4c(-c6ccccc6N(c6ccc(-c7ccccc7-c7cccc8ccccc78)cc6)c6ccc(-c7cccc8ccccc78)cc6)cccc45)cc3c2)c1. The summed E-state index contributed by atoms with van der Waals surface area (Å²) in [5.74, 6) is 0. The summed E-state index contributed by atoms with van der Waals surface area (Å²) >= 11 is 3.77. The standard InChI is InChI=1S/C118H76N2S2/c1-4-33-96-80(23-1)26-17-41-98(96)83-57-53-77(54-58-83)78-61-67-94(68-62-78)120(114-51-13-10-38-105(114)108-45-21-47-110-107-40-11-14-52-115(107)121-117(108)110)95-32-16-31-88(76-95)86-29-15-30-87(73-86)89-59-55-79-56-60-90(75-91(79)74-89)102-43-20-48-111-112-49-22-46-109(118(112)122-116(102)111)106-39-9-12-50-113(106)119(92-69-63-84(64-70-92)99-42-18-27-81-24-2-5-34-97(81)99)93-71-65-85(66-72-93)101-36-7-8-37-103(101)104-44-19-28-82-25-3-6-35-100(82)104/h1-76H. The van der Waals surface area contributed by atoms with Crippen LogP contribution in [0.4, 0.5) is 34.1 Å². The van der Waals surface area contributed by atoms with Gasteiger partial charge in [-0.1, -0.05) is 376 Å². The molecule has 0 fully saturated rings. The molecule has 570 valence electrons. The molecule has 2 nitrogen and oxygen atoms in total. The fourth-order valence-electron chi connectivity index (χ4n) is 18.8. The number of nitrogens with zero attached hydrogens (tertiary/aromatic N) is 2. The van der Waals surface area contributed by atoms with E-state index in [2.05, 4.69) is 471 Å². The van der Waals surface area contributed by atoms with E-state index < -0.39 is 0 Å². The molecule has 4 heteroatoms. The van der Waals surface area contributed by atoms with Gasteiger partial charge in [0.1, 0.15) is 0 Å². The van der Waals surface area contributed by atoms with Gasteiger partial charge in [0.2, 0.25) is 0 Å². The zero-order valence-electron chi connectivity index (χ0n) is 66.6. The molecule has 0 aliphatic carbocycles. The highest BCUT2D eigenvalue weighted by Crippen LogP contribution is 2.52.